The van der Waals surface area contributed by atoms with Gasteiger partial charge in [0.2, 0.25) is 0 Å². The van der Waals surface area contributed by atoms with Gasteiger partial charge in [0, 0.05) is 23.3 Å². The number of rotatable bonds is 10. The number of hydrogen-bond donors (Lipinski definition) is 1. The third-order valence-corrected chi connectivity index (χ3v) is 5.15. The van der Waals surface area contributed by atoms with Gasteiger partial charge in [-0.1, -0.05) is 69.9 Å². The molecule has 0 unspecified atom stereocenters. The van der Waals surface area contributed by atoms with Crippen LogP contribution in [0.4, 0.5) is 0 Å². The minimum atomic E-state index is -0.239. The summed E-state index contributed by atoms with van der Waals surface area (Å²) in [6, 6.07) is 12.7. The Balaban J connectivity index is 2.06. The molecular formula is C25H30O4. The summed E-state index contributed by atoms with van der Waals surface area (Å²) in [6.45, 7) is 4.88. The fourth-order valence-corrected chi connectivity index (χ4v) is 3.52. The Bertz CT molecular complexity index is 989. The number of phenols is 1. The largest absolute Gasteiger partial charge is 0.507 e. The topological polar surface area (TPSA) is 59.7 Å². The second kappa shape index (κ2) is 10.1. The van der Waals surface area contributed by atoms with Crippen LogP contribution in [0.2, 0.25) is 0 Å². The Morgan fingerprint density at radius 3 is 2.41 bits per heavy atom. The lowest BCUT2D eigenvalue weighted by atomic mass is 10.0. The zero-order valence-corrected chi connectivity index (χ0v) is 17.4. The first-order valence-corrected chi connectivity index (χ1v) is 10.7. The molecule has 0 atom stereocenters. The molecule has 0 radical (unpaired) electrons. The summed E-state index contributed by atoms with van der Waals surface area (Å²) in [5, 5.41) is 11.2. The van der Waals surface area contributed by atoms with E-state index < -0.39 is 0 Å². The minimum Gasteiger partial charge on any atom is -0.507 e. The highest BCUT2D eigenvalue weighted by molar-refractivity contribution is 5.88. The monoisotopic (exact) mass is 394 g/mol. The van der Waals surface area contributed by atoms with E-state index in [0.29, 0.717) is 35.7 Å². The van der Waals surface area contributed by atoms with Crippen LogP contribution in [0.5, 0.6) is 11.5 Å². The standard InChI is InChI=1S/C25H30O4/c1-3-5-8-14-19-22(28-15-11-6-4-2)17-23-24(25(19)27)20(26)16-21(29-23)18-12-9-7-10-13-18/h7,9-10,12-13,16-17,27H,3-6,8,11,14-15H2,1-2H3. The molecule has 0 saturated carbocycles. The second-order valence-electron chi connectivity index (χ2n) is 7.43. The molecule has 29 heavy (non-hydrogen) atoms. The quantitative estimate of drug-likeness (QED) is 0.400. The van der Waals surface area contributed by atoms with E-state index in [1.165, 1.54) is 6.07 Å². The van der Waals surface area contributed by atoms with Gasteiger partial charge >= 0.3 is 0 Å². The van der Waals surface area contributed by atoms with Crippen molar-refractivity contribution >= 4 is 11.0 Å². The van der Waals surface area contributed by atoms with Crippen molar-refractivity contribution in [1.29, 1.82) is 0 Å². The molecule has 0 aliphatic heterocycles. The van der Waals surface area contributed by atoms with Crippen LogP contribution in [0.25, 0.3) is 22.3 Å². The number of benzene rings is 2. The van der Waals surface area contributed by atoms with Crippen LogP contribution in [-0.4, -0.2) is 11.7 Å². The van der Waals surface area contributed by atoms with Gasteiger partial charge in [-0.2, -0.15) is 0 Å². The maximum absolute atomic E-state index is 12.8. The van der Waals surface area contributed by atoms with E-state index in [1.54, 1.807) is 6.07 Å². The maximum atomic E-state index is 12.8. The minimum absolute atomic E-state index is 0.00236. The first-order chi connectivity index (χ1) is 14.2. The molecule has 4 nitrogen and oxygen atoms in total. The van der Waals surface area contributed by atoms with E-state index >= 15 is 0 Å². The van der Waals surface area contributed by atoms with Crippen LogP contribution in [0.1, 0.15) is 57.9 Å². The first-order valence-electron chi connectivity index (χ1n) is 10.7. The van der Waals surface area contributed by atoms with Gasteiger partial charge in [-0.15, -0.1) is 0 Å². The average molecular weight is 395 g/mol. The van der Waals surface area contributed by atoms with Crippen LogP contribution in [0, 0.1) is 0 Å². The van der Waals surface area contributed by atoms with Crippen molar-refractivity contribution in [1.82, 2.24) is 0 Å². The molecule has 0 aliphatic rings. The van der Waals surface area contributed by atoms with Gasteiger partial charge in [0.05, 0.1) is 6.61 Å². The molecule has 154 valence electrons. The Labute approximate surface area is 172 Å². The van der Waals surface area contributed by atoms with Crippen LogP contribution in [-0.2, 0) is 6.42 Å². The molecule has 0 aliphatic carbocycles. The number of aromatic hydroxyl groups is 1. The fourth-order valence-electron chi connectivity index (χ4n) is 3.52. The fraction of sp³-hybridized carbons (Fsp3) is 0.400. The van der Waals surface area contributed by atoms with E-state index in [-0.39, 0.29) is 16.6 Å². The summed E-state index contributed by atoms with van der Waals surface area (Å²) < 4.78 is 12.0. The Kier molecular flexibility index (Phi) is 7.34. The molecule has 1 heterocycles. The van der Waals surface area contributed by atoms with Crippen LogP contribution in [0.3, 0.4) is 0 Å². The second-order valence-corrected chi connectivity index (χ2v) is 7.43. The van der Waals surface area contributed by atoms with Gasteiger partial charge in [0.15, 0.2) is 5.43 Å². The van der Waals surface area contributed by atoms with Crippen molar-refractivity contribution in [2.24, 2.45) is 0 Å². The van der Waals surface area contributed by atoms with Gasteiger partial charge in [-0.25, -0.2) is 0 Å². The average Bonchev–Trinajstić information content (AvgIpc) is 2.73. The molecule has 1 N–H and O–H groups in total. The highest BCUT2D eigenvalue weighted by atomic mass is 16.5. The predicted octanol–water partition coefficient (Wildman–Crippen LogP) is 6.47. The van der Waals surface area contributed by atoms with Gasteiger partial charge in [-0.05, 0) is 19.3 Å². The lowest BCUT2D eigenvalue weighted by molar-refractivity contribution is 0.300. The number of ether oxygens (including phenoxy) is 1. The zero-order valence-electron chi connectivity index (χ0n) is 17.4. The number of fused-ring (bicyclic) bond motifs is 1. The van der Waals surface area contributed by atoms with E-state index in [0.717, 1.165) is 44.1 Å². The van der Waals surface area contributed by atoms with Crippen molar-refractivity contribution in [3.05, 3.63) is 58.3 Å². The number of unbranched alkanes of at least 4 members (excludes halogenated alkanes) is 4. The van der Waals surface area contributed by atoms with Crippen molar-refractivity contribution in [3.63, 3.8) is 0 Å². The van der Waals surface area contributed by atoms with E-state index in [2.05, 4.69) is 13.8 Å². The van der Waals surface area contributed by atoms with Crippen molar-refractivity contribution in [2.75, 3.05) is 6.61 Å². The highest BCUT2D eigenvalue weighted by Crippen LogP contribution is 2.37. The normalized spacial score (nSPS) is 11.1. The molecule has 0 saturated heterocycles. The molecule has 3 aromatic rings. The van der Waals surface area contributed by atoms with Crippen molar-refractivity contribution in [2.45, 2.75) is 58.8 Å². The molecule has 0 fully saturated rings. The van der Waals surface area contributed by atoms with E-state index in [4.69, 9.17) is 9.15 Å². The predicted molar refractivity (Wildman–Crippen MR) is 118 cm³/mol. The van der Waals surface area contributed by atoms with E-state index in [9.17, 15) is 9.90 Å². The lowest BCUT2D eigenvalue weighted by Gasteiger charge is -2.15. The van der Waals surface area contributed by atoms with E-state index in [1.807, 2.05) is 30.3 Å². The van der Waals surface area contributed by atoms with Gasteiger partial charge < -0.3 is 14.3 Å². The Morgan fingerprint density at radius 1 is 0.966 bits per heavy atom. The molecule has 1 aromatic heterocycles. The summed E-state index contributed by atoms with van der Waals surface area (Å²) in [5.41, 5.74) is 1.65. The van der Waals surface area contributed by atoms with Gasteiger partial charge in [-0.3, -0.25) is 4.79 Å². The van der Waals surface area contributed by atoms with Gasteiger partial charge in [0.1, 0.15) is 28.2 Å². The zero-order chi connectivity index (χ0) is 20.6. The molecule has 4 heteroatoms. The summed E-state index contributed by atoms with van der Waals surface area (Å²) >= 11 is 0. The maximum Gasteiger partial charge on any atom is 0.197 e. The first kappa shape index (κ1) is 21.0. The smallest absolute Gasteiger partial charge is 0.197 e. The third-order valence-electron chi connectivity index (χ3n) is 5.15. The van der Waals surface area contributed by atoms with Gasteiger partial charge in [0.25, 0.3) is 0 Å². The number of phenolic OH excluding ortho intramolecular Hbond substituents is 1. The Hall–Kier alpha value is -2.75. The molecule has 2 aromatic carbocycles. The summed E-state index contributed by atoms with van der Waals surface area (Å²) in [5.74, 6) is 1.10. The third kappa shape index (κ3) is 5.00. The molecular weight excluding hydrogens is 364 g/mol. The summed E-state index contributed by atoms with van der Waals surface area (Å²) in [7, 11) is 0. The van der Waals surface area contributed by atoms with Crippen molar-refractivity contribution < 1.29 is 14.3 Å². The van der Waals surface area contributed by atoms with Crippen molar-refractivity contribution in [3.8, 4) is 22.8 Å². The summed E-state index contributed by atoms with van der Waals surface area (Å²) in [6.07, 6.45) is 6.94. The summed E-state index contributed by atoms with van der Waals surface area (Å²) in [4.78, 5) is 12.8. The van der Waals surface area contributed by atoms with Crippen LogP contribution < -0.4 is 10.2 Å². The SMILES string of the molecule is CCCCCOc1cc2oc(-c3ccccc3)cc(=O)c2c(O)c1CCCCC. The highest BCUT2D eigenvalue weighted by Gasteiger charge is 2.19. The number of hydrogen-bond acceptors (Lipinski definition) is 4. The Morgan fingerprint density at radius 2 is 1.69 bits per heavy atom. The van der Waals surface area contributed by atoms with Crippen LogP contribution in [0.15, 0.2) is 51.7 Å². The molecule has 3 rings (SSSR count). The molecule has 0 bridgehead atoms. The molecule has 0 amide bonds. The lowest BCUT2D eigenvalue weighted by Crippen LogP contribution is -2.06. The van der Waals surface area contributed by atoms with Crippen LogP contribution >= 0.6 is 0 Å². The molecule has 0 spiro atoms.